The van der Waals surface area contributed by atoms with E-state index >= 15 is 0 Å². The third-order valence-corrected chi connectivity index (χ3v) is 7.32. The van der Waals surface area contributed by atoms with Gasteiger partial charge in [0.05, 0.1) is 0 Å². The van der Waals surface area contributed by atoms with Gasteiger partial charge in [-0.05, 0) is 53.5 Å². The summed E-state index contributed by atoms with van der Waals surface area (Å²) < 4.78 is 0. The maximum absolute atomic E-state index is 11.8. The number of carbonyl (C=O) groups is 3. The molecule has 0 radical (unpaired) electrons. The fourth-order valence-electron chi connectivity index (χ4n) is 3.01. The fourth-order valence-corrected chi connectivity index (χ4v) is 5.11. The van der Waals surface area contributed by atoms with Crippen molar-refractivity contribution in [3.8, 4) is 0 Å². The molecule has 0 unspecified atom stereocenters. The molecule has 0 aromatic heterocycles. The van der Waals surface area contributed by atoms with Crippen LogP contribution in [0, 0.1) is 10.8 Å². The van der Waals surface area contributed by atoms with Gasteiger partial charge in [0.2, 0.25) is 5.12 Å². The van der Waals surface area contributed by atoms with Gasteiger partial charge in [-0.3, -0.25) is 14.4 Å². The van der Waals surface area contributed by atoms with E-state index in [-0.39, 0.29) is 18.0 Å². The van der Waals surface area contributed by atoms with E-state index in [1.807, 2.05) is 36.0 Å². The summed E-state index contributed by atoms with van der Waals surface area (Å²) in [4.78, 5) is 34.0. The lowest BCUT2D eigenvalue weighted by molar-refractivity contribution is 0.108. The Morgan fingerprint density at radius 1 is 0.703 bits per heavy atom. The molecule has 0 spiro atoms. The molecule has 0 bridgehead atoms. The first-order chi connectivity index (χ1) is 16.8. The van der Waals surface area contributed by atoms with E-state index in [1.165, 1.54) is 31.0 Å². The van der Waals surface area contributed by atoms with Gasteiger partial charge in [-0.25, -0.2) is 0 Å². The SMILES string of the molecule is C.C=C(SCCCCC(C)(C)C)c1ccc(C=O)cc1.CC(C)(C)CCSC(=O)c1ccc(C=O)cc1. The summed E-state index contributed by atoms with van der Waals surface area (Å²) in [6.07, 6.45) is 6.43. The number of hydrogen-bond donors (Lipinski definition) is 0. The molecule has 0 fully saturated rings. The van der Waals surface area contributed by atoms with Crippen LogP contribution in [-0.2, 0) is 0 Å². The van der Waals surface area contributed by atoms with Crippen molar-refractivity contribution in [3.05, 3.63) is 77.4 Å². The summed E-state index contributed by atoms with van der Waals surface area (Å²) >= 11 is 3.15. The maximum atomic E-state index is 11.8. The second-order valence-electron chi connectivity index (χ2n) is 11.2. The van der Waals surface area contributed by atoms with Crippen LogP contribution in [0.5, 0.6) is 0 Å². The van der Waals surface area contributed by atoms with Crippen molar-refractivity contribution in [2.45, 2.75) is 74.7 Å². The molecule has 3 nitrogen and oxygen atoms in total. The van der Waals surface area contributed by atoms with Crippen LogP contribution >= 0.6 is 23.5 Å². The van der Waals surface area contributed by atoms with Crippen LogP contribution in [0.1, 0.15) is 111 Å². The monoisotopic (exact) mass is 542 g/mol. The van der Waals surface area contributed by atoms with E-state index in [9.17, 15) is 14.4 Å². The normalized spacial score (nSPS) is 11.0. The molecule has 204 valence electrons. The molecule has 2 aromatic carbocycles. The van der Waals surface area contributed by atoms with E-state index < -0.39 is 0 Å². The summed E-state index contributed by atoms with van der Waals surface area (Å²) in [5.74, 6) is 1.95. The molecule has 0 heterocycles. The van der Waals surface area contributed by atoms with Crippen LogP contribution in [0.4, 0.5) is 0 Å². The molecule has 0 aliphatic heterocycles. The standard InChI is InChI=1S/C17H24OS.C14H18O2S.CH4/c1-14(16-9-7-15(13-18)8-10-16)19-12-6-5-11-17(2,3)4;1-14(2,3)8-9-17-13(16)12-6-4-11(10-15)5-7-12;/h7-10,13H,1,5-6,11-12H2,2-4H3;4-7,10H,8-9H2,1-3H3;1H4. The Bertz CT molecular complexity index is 963. The van der Waals surface area contributed by atoms with Crippen LogP contribution < -0.4 is 0 Å². The topological polar surface area (TPSA) is 51.2 Å². The molecular weight excluding hydrogens is 496 g/mol. The summed E-state index contributed by atoms with van der Waals surface area (Å²) in [6.45, 7) is 17.4. The molecule has 0 saturated heterocycles. The number of aldehydes is 2. The number of carbonyl (C=O) groups excluding carboxylic acids is 3. The molecule has 0 aliphatic rings. The molecule has 0 N–H and O–H groups in total. The molecule has 0 aliphatic carbocycles. The Morgan fingerprint density at radius 3 is 1.59 bits per heavy atom. The highest BCUT2D eigenvalue weighted by molar-refractivity contribution is 8.14. The van der Waals surface area contributed by atoms with Gasteiger partial charge >= 0.3 is 0 Å². The number of thioether (sulfide) groups is 2. The van der Waals surface area contributed by atoms with E-state index in [2.05, 4.69) is 48.1 Å². The first kappa shape index (κ1) is 34.9. The van der Waals surface area contributed by atoms with Crippen molar-refractivity contribution in [1.29, 1.82) is 0 Å². The zero-order valence-corrected chi connectivity index (χ0v) is 24.4. The number of unbranched alkanes of at least 4 members (excludes halogenated alkanes) is 1. The second kappa shape index (κ2) is 17.4. The first-order valence-corrected chi connectivity index (χ1v) is 14.4. The Morgan fingerprint density at radius 2 is 1.16 bits per heavy atom. The van der Waals surface area contributed by atoms with Crippen LogP contribution in [0.3, 0.4) is 0 Å². The smallest absolute Gasteiger partial charge is 0.219 e. The highest BCUT2D eigenvalue weighted by Crippen LogP contribution is 2.28. The van der Waals surface area contributed by atoms with Crippen LogP contribution in [0.2, 0.25) is 0 Å². The number of benzene rings is 2. The number of rotatable bonds is 11. The van der Waals surface area contributed by atoms with Crippen LogP contribution in [0.15, 0.2) is 55.1 Å². The highest BCUT2D eigenvalue weighted by atomic mass is 32.2. The zero-order chi connectivity index (χ0) is 27.2. The summed E-state index contributed by atoms with van der Waals surface area (Å²) in [6, 6.07) is 14.4. The van der Waals surface area contributed by atoms with Crippen LogP contribution in [0.25, 0.3) is 4.91 Å². The zero-order valence-electron chi connectivity index (χ0n) is 22.8. The largest absolute Gasteiger partial charge is 0.298 e. The molecule has 0 amide bonds. The highest BCUT2D eigenvalue weighted by Gasteiger charge is 2.12. The molecule has 0 saturated carbocycles. The summed E-state index contributed by atoms with van der Waals surface area (Å²) in [7, 11) is 0. The minimum Gasteiger partial charge on any atom is -0.298 e. The summed E-state index contributed by atoms with van der Waals surface area (Å²) in [5.41, 5.74) is 3.79. The number of hydrogen-bond acceptors (Lipinski definition) is 5. The van der Waals surface area contributed by atoms with Gasteiger partial charge in [-0.1, -0.05) is 110 Å². The van der Waals surface area contributed by atoms with Crippen molar-refractivity contribution >= 4 is 46.1 Å². The third-order valence-electron chi connectivity index (χ3n) is 5.33. The van der Waals surface area contributed by atoms with Crippen molar-refractivity contribution in [3.63, 3.8) is 0 Å². The summed E-state index contributed by atoms with van der Waals surface area (Å²) in [5, 5.41) is 0.0756. The Kier molecular flexibility index (Phi) is 16.4. The Labute approximate surface area is 234 Å². The Balaban J connectivity index is 0.000000686. The fraction of sp³-hybridized carbons (Fsp3) is 0.469. The minimum atomic E-state index is 0. The van der Waals surface area contributed by atoms with Crippen molar-refractivity contribution < 1.29 is 14.4 Å². The quantitative estimate of drug-likeness (QED) is 0.209. The lowest BCUT2D eigenvalue weighted by atomic mass is 9.90. The van der Waals surface area contributed by atoms with Gasteiger partial charge in [0.1, 0.15) is 12.6 Å². The van der Waals surface area contributed by atoms with E-state index in [1.54, 1.807) is 24.3 Å². The Hall–Kier alpha value is -2.11. The van der Waals surface area contributed by atoms with Gasteiger partial charge < -0.3 is 0 Å². The van der Waals surface area contributed by atoms with Crippen molar-refractivity contribution in [1.82, 2.24) is 0 Å². The average molecular weight is 543 g/mol. The molecule has 37 heavy (non-hydrogen) atoms. The van der Waals surface area contributed by atoms with Gasteiger partial charge in [0.15, 0.2) is 0 Å². The molecular formula is C32H46O3S2. The second-order valence-corrected chi connectivity index (χ2v) is 13.5. The van der Waals surface area contributed by atoms with Gasteiger partial charge in [-0.15, -0.1) is 11.8 Å². The van der Waals surface area contributed by atoms with Gasteiger partial charge in [0.25, 0.3) is 0 Å². The minimum absolute atomic E-state index is 0. The van der Waals surface area contributed by atoms with Crippen LogP contribution in [-0.4, -0.2) is 29.2 Å². The van der Waals surface area contributed by atoms with E-state index in [4.69, 9.17) is 0 Å². The lowest BCUT2D eigenvalue weighted by Crippen LogP contribution is -2.07. The molecule has 5 heteroatoms. The third kappa shape index (κ3) is 16.4. The van der Waals surface area contributed by atoms with Crippen molar-refractivity contribution in [2.75, 3.05) is 11.5 Å². The average Bonchev–Trinajstić information content (AvgIpc) is 2.82. The molecule has 0 atom stereocenters. The van der Waals surface area contributed by atoms with Gasteiger partial charge in [0, 0.05) is 27.3 Å². The predicted molar refractivity (Wildman–Crippen MR) is 166 cm³/mol. The lowest BCUT2D eigenvalue weighted by Gasteiger charge is -2.17. The van der Waals surface area contributed by atoms with E-state index in [0.29, 0.717) is 22.1 Å². The molecule has 2 aromatic rings. The van der Waals surface area contributed by atoms with E-state index in [0.717, 1.165) is 41.0 Å². The first-order valence-electron chi connectivity index (χ1n) is 12.4. The molecule has 2 rings (SSSR count). The predicted octanol–water partition coefficient (Wildman–Crippen LogP) is 9.86. The van der Waals surface area contributed by atoms with Gasteiger partial charge in [-0.2, -0.15) is 0 Å². The maximum Gasteiger partial charge on any atom is 0.219 e. The van der Waals surface area contributed by atoms with Crippen molar-refractivity contribution in [2.24, 2.45) is 10.8 Å².